The Labute approximate surface area is 179 Å². The van der Waals surface area contributed by atoms with Crippen LogP contribution >= 0.6 is 11.3 Å². The number of benzene rings is 1. The predicted molar refractivity (Wildman–Crippen MR) is 115 cm³/mol. The summed E-state index contributed by atoms with van der Waals surface area (Å²) in [6, 6.07) is 9.76. The molecule has 0 N–H and O–H groups in total. The fraction of sp³-hybridized carbons (Fsp3) is 0.400. The second kappa shape index (κ2) is 7.77. The molecule has 0 radical (unpaired) electrons. The van der Waals surface area contributed by atoms with Gasteiger partial charge in [-0.15, -0.1) is 0 Å². The molecule has 2 bridgehead atoms. The number of thiazole rings is 1. The van der Waals surface area contributed by atoms with E-state index in [4.69, 9.17) is 9.47 Å². The number of likely N-dealkylation sites (tertiary alicyclic amines) is 1. The third-order valence-corrected chi connectivity index (χ3v) is 7.76. The average Bonchev–Trinajstić information content (AvgIpc) is 3.42. The second-order valence-corrected chi connectivity index (χ2v) is 10.5. The van der Waals surface area contributed by atoms with E-state index in [1.165, 1.54) is 17.6 Å². The molecule has 2 atom stereocenters. The van der Waals surface area contributed by atoms with Gasteiger partial charge in [0, 0.05) is 44.1 Å². The van der Waals surface area contributed by atoms with Crippen molar-refractivity contribution in [1.29, 1.82) is 0 Å². The number of ether oxygens (including phenoxy) is 2. The van der Waals surface area contributed by atoms with Crippen LogP contribution < -0.4 is 9.47 Å². The fourth-order valence-electron chi connectivity index (χ4n) is 4.18. The third-order valence-electron chi connectivity index (χ3n) is 5.58. The van der Waals surface area contributed by atoms with E-state index in [9.17, 15) is 8.42 Å². The highest BCUT2D eigenvalue weighted by molar-refractivity contribution is 7.88. The van der Waals surface area contributed by atoms with E-state index in [1.54, 1.807) is 16.7 Å². The van der Waals surface area contributed by atoms with E-state index in [0.29, 0.717) is 30.1 Å². The lowest BCUT2D eigenvalue weighted by Crippen LogP contribution is -2.49. The zero-order valence-corrected chi connectivity index (χ0v) is 18.1. The van der Waals surface area contributed by atoms with Gasteiger partial charge in [-0.25, -0.2) is 13.4 Å². The van der Waals surface area contributed by atoms with Crippen LogP contribution in [0.4, 0.5) is 0 Å². The molecule has 1 aromatic carbocycles. The van der Waals surface area contributed by atoms with Gasteiger partial charge in [0.15, 0.2) is 0 Å². The summed E-state index contributed by atoms with van der Waals surface area (Å²) in [6.07, 6.45) is 5.71. The molecule has 10 heteroatoms. The first-order valence-electron chi connectivity index (χ1n) is 9.78. The Kier molecular flexibility index (Phi) is 5.10. The largest absolute Gasteiger partial charge is 0.492 e. The van der Waals surface area contributed by atoms with Crippen LogP contribution in [-0.4, -0.2) is 72.2 Å². The lowest BCUT2D eigenvalue weighted by atomic mass is 10.2. The molecule has 2 aliphatic heterocycles. The first-order chi connectivity index (χ1) is 14.5. The van der Waals surface area contributed by atoms with E-state index >= 15 is 0 Å². The minimum Gasteiger partial charge on any atom is -0.492 e. The molecule has 2 aromatic heterocycles. The van der Waals surface area contributed by atoms with Gasteiger partial charge in [0.25, 0.3) is 5.19 Å². The molecule has 5 rings (SSSR count). The zero-order valence-electron chi connectivity index (χ0n) is 16.5. The van der Waals surface area contributed by atoms with Crippen LogP contribution in [0.5, 0.6) is 16.7 Å². The number of piperazine rings is 1. The summed E-state index contributed by atoms with van der Waals surface area (Å²) in [5.41, 5.74) is 0.875. The summed E-state index contributed by atoms with van der Waals surface area (Å²) in [7, 11) is -3.10. The molecule has 0 spiro atoms. The van der Waals surface area contributed by atoms with Crippen molar-refractivity contribution < 1.29 is 17.9 Å². The maximum atomic E-state index is 11.8. The molecule has 2 fully saturated rings. The van der Waals surface area contributed by atoms with Crippen LogP contribution in [0.15, 0.2) is 42.7 Å². The number of aromatic nitrogens is 2. The quantitative estimate of drug-likeness (QED) is 0.551. The molecule has 2 unspecified atom stereocenters. The van der Waals surface area contributed by atoms with Gasteiger partial charge in [0.1, 0.15) is 18.1 Å². The van der Waals surface area contributed by atoms with Gasteiger partial charge in [0.05, 0.1) is 16.5 Å². The Balaban J connectivity index is 1.11. The fourth-order valence-corrected chi connectivity index (χ4v) is 6.12. The zero-order chi connectivity index (χ0) is 20.7. The third kappa shape index (κ3) is 4.00. The topological polar surface area (TPSA) is 84.9 Å². The summed E-state index contributed by atoms with van der Waals surface area (Å²) in [5.74, 6) is 1.48. The van der Waals surface area contributed by atoms with Crippen molar-refractivity contribution in [1.82, 2.24) is 19.2 Å². The number of rotatable bonds is 7. The Morgan fingerprint density at radius 3 is 2.63 bits per heavy atom. The van der Waals surface area contributed by atoms with Gasteiger partial charge in [-0.2, -0.15) is 4.31 Å². The summed E-state index contributed by atoms with van der Waals surface area (Å²) in [4.78, 5) is 10.9. The number of hydrogen-bond acceptors (Lipinski definition) is 8. The Morgan fingerprint density at radius 1 is 1.13 bits per heavy atom. The Morgan fingerprint density at radius 2 is 1.93 bits per heavy atom. The molecule has 8 nitrogen and oxygen atoms in total. The van der Waals surface area contributed by atoms with Gasteiger partial charge in [0.2, 0.25) is 10.0 Å². The highest BCUT2D eigenvalue weighted by atomic mass is 32.2. The second-order valence-electron chi connectivity index (χ2n) is 7.62. The molecule has 0 saturated carbocycles. The van der Waals surface area contributed by atoms with Crippen molar-refractivity contribution in [2.24, 2.45) is 0 Å². The number of sulfonamides is 1. The van der Waals surface area contributed by atoms with E-state index in [-0.39, 0.29) is 6.04 Å². The van der Waals surface area contributed by atoms with Crippen molar-refractivity contribution in [2.75, 3.05) is 32.5 Å². The highest BCUT2D eigenvalue weighted by Gasteiger charge is 2.46. The molecular formula is C20H22N4O4S2. The molecule has 3 aromatic rings. The van der Waals surface area contributed by atoms with Crippen molar-refractivity contribution in [3.63, 3.8) is 0 Å². The van der Waals surface area contributed by atoms with Crippen LogP contribution in [0.3, 0.4) is 0 Å². The molecule has 158 valence electrons. The standard InChI is InChI=1S/C20H22N4O4S2/c1-30(25,26)24-13-14-10-15(24)12-23(14)8-9-27-16-2-4-17(5-3-16)28-20-22-18-6-7-21-11-19(18)29-20/h2-7,11,14-15H,8-10,12-13H2,1H3. The van der Waals surface area contributed by atoms with Gasteiger partial charge in [-0.3, -0.25) is 9.88 Å². The van der Waals surface area contributed by atoms with Gasteiger partial charge >= 0.3 is 0 Å². The highest BCUT2D eigenvalue weighted by Crippen LogP contribution is 2.33. The van der Waals surface area contributed by atoms with Crippen LogP contribution in [0, 0.1) is 0 Å². The van der Waals surface area contributed by atoms with Crippen LogP contribution in [0.1, 0.15) is 6.42 Å². The molecule has 2 saturated heterocycles. The molecule has 0 aliphatic carbocycles. The van der Waals surface area contributed by atoms with Crippen LogP contribution in [0.25, 0.3) is 10.2 Å². The van der Waals surface area contributed by atoms with Crippen molar-refractivity contribution >= 4 is 31.6 Å². The average molecular weight is 447 g/mol. The number of fused-ring (bicyclic) bond motifs is 3. The maximum Gasteiger partial charge on any atom is 0.279 e. The van der Waals surface area contributed by atoms with Gasteiger partial charge < -0.3 is 9.47 Å². The van der Waals surface area contributed by atoms with E-state index in [0.717, 1.165) is 35.5 Å². The molecule has 4 heterocycles. The predicted octanol–water partition coefficient (Wildman–Crippen LogP) is 2.58. The Bertz CT molecular complexity index is 1120. The number of pyridine rings is 1. The molecular weight excluding hydrogens is 424 g/mol. The Hall–Kier alpha value is -2.27. The van der Waals surface area contributed by atoms with Gasteiger partial charge in [-0.05, 0) is 36.8 Å². The van der Waals surface area contributed by atoms with E-state index < -0.39 is 10.0 Å². The van der Waals surface area contributed by atoms with Crippen LogP contribution in [0.2, 0.25) is 0 Å². The summed E-state index contributed by atoms with van der Waals surface area (Å²) < 4.78 is 37.9. The smallest absolute Gasteiger partial charge is 0.279 e. The first-order valence-corrected chi connectivity index (χ1v) is 12.4. The summed E-state index contributed by atoms with van der Waals surface area (Å²) in [5, 5.41) is 0.582. The maximum absolute atomic E-state index is 11.8. The number of hydrogen-bond donors (Lipinski definition) is 0. The monoisotopic (exact) mass is 446 g/mol. The molecule has 30 heavy (non-hydrogen) atoms. The lowest BCUT2D eigenvalue weighted by molar-refractivity contribution is 0.153. The normalized spacial score (nSPS) is 22.0. The van der Waals surface area contributed by atoms with Crippen molar-refractivity contribution in [3.05, 3.63) is 42.7 Å². The van der Waals surface area contributed by atoms with E-state index in [1.807, 2.05) is 30.3 Å². The SMILES string of the molecule is CS(=O)(=O)N1CC2CC1CN2CCOc1ccc(Oc2nc3ccncc3s2)cc1. The van der Waals surface area contributed by atoms with Crippen molar-refractivity contribution in [3.8, 4) is 16.7 Å². The van der Waals surface area contributed by atoms with Gasteiger partial charge in [-0.1, -0.05) is 11.3 Å². The lowest BCUT2D eigenvalue weighted by Gasteiger charge is -2.32. The minimum absolute atomic E-state index is 0.111. The number of nitrogens with zero attached hydrogens (tertiary/aromatic N) is 4. The summed E-state index contributed by atoms with van der Waals surface area (Å²) >= 11 is 1.46. The molecule has 2 aliphatic rings. The van der Waals surface area contributed by atoms with Crippen LogP contribution in [-0.2, 0) is 10.0 Å². The van der Waals surface area contributed by atoms with Crippen molar-refractivity contribution in [2.45, 2.75) is 18.5 Å². The molecule has 0 amide bonds. The first kappa shape index (κ1) is 19.7. The summed E-state index contributed by atoms with van der Waals surface area (Å²) in [6.45, 7) is 2.73. The minimum atomic E-state index is -3.10. The van der Waals surface area contributed by atoms with E-state index in [2.05, 4.69) is 14.9 Å².